The van der Waals surface area contributed by atoms with E-state index in [-0.39, 0.29) is 51.6 Å². The zero-order valence-corrected chi connectivity index (χ0v) is 23.9. The van der Waals surface area contributed by atoms with Crippen molar-refractivity contribution in [2.45, 2.75) is 93.4 Å². The van der Waals surface area contributed by atoms with E-state index in [4.69, 9.17) is 4.74 Å². The lowest BCUT2D eigenvalue weighted by molar-refractivity contribution is -0.193. The molecule has 3 fully saturated rings. The summed E-state index contributed by atoms with van der Waals surface area (Å²) in [6, 6.07) is 2.13. The number of nitriles is 1. The van der Waals surface area contributed by atoms with Crippen molar-refractivity contribution in [2.24, 2.45) is 50.7 Å². The van der Waals surface area contributed by atoms with Crippen LogP contribution in [-0.4, -0.2) is 23.5 Å². The maximum atomic E-state index is 14.3. The molecular formula is C32H41NO5. The molecule has 2 unspecified atom stereocenters. The van der Waals surface area contributed by atoms with Gasteiger partial charge in [-0.3, -0.25) is 19.2 Å². The van der Waals surface area contributed by atoms with E-state index in [0.29, 0.717) is 19.3 Å². The average molecular weight is 520 g/mol. The number of carbonyl (C=O) groups excluding carboxylic acids is 4. The molecule has 5 aliphatic carbocycles. The van der Waals surface area contributed by atoms with Gasteiger partial charge in [0.05, 0.1) is 11.0 Å². The minimum atomic E-state index is -0.830. The molecule has 5 rings (SSSR count). The number of ether oxygens (including phenoxy) is 1. The van der Waals surface area contributed by atoms with Crippen LogP contribution in [0.25, 0.3) is 0 Å². The van der Waals surface area contributed by atoms with Crippen molar-refractivity contribution in [3.05, 3.63) is 23.3 Å². The Labute approximate surface area is 226 Å². The topological polar surface area (TPSA) is 101 Å². The zero-order chi connectivity index (χ0) is 28.1. The van der Waals surface area contributed by atoms with E-state index in [1.807, 2.05) is 19.1 Å². The van der Waals surface area contributed by atoms with Crippen molar-refractivity contribution in [3.63, 3.8) is 0 Å². The van der Waals surface area contributed by atoms with Crippen molar-refractivity contribution in [2.75, 3.05) is 0 Å². The second-order valence-electron chi connectivity index (χ2n) is 14.5. The Hall–Kier alpha value is -2.55. The minimum Gasteiger partial charge on any atom is -0.393 e. The van der Waals surface area contributed by atoms with E-state index < -0.39 is 28.2 Å². The Morgan fingerprint density at radius 3 is 2.29 bits per heavy atom. The third-order valence-corrected chi connectivity index (χ3v) is 12.2. The molecule has 0 aromatic heterocycles. The summed E-state index contributed by atoms with van der Waals surface area (Å²) in [4.78, 5) is 52.6. The molecule has 3 saturated carbocycles. The van der Waals surface area contributed by atoms with Gasteiger partial charge in [0.25, 0.3) is 0 Å². The maximum absolute atomic E-state index is 14.3. The molecule has 0 spiro atoms. The molecule has 0 bridgehead atoms. The van der Waals surface area contributed by atoms with E-state index in [9.17, 15) is 24.4 Å². The van der Waals surface area contributed by atoms with Crippen molar-refractivity contribution in [1.82, 2.24) is 0 Å². The minimum absolute atomic E-state index is 0.0265. The predicted octanol–water partition coefficient (Wildman–Crippen LogP) is 5.91. The molecule has 0 aliphatic heterocycles. The second-order valence-corrected chi connectivity index (χ2v) is 14.5. The van der Waals surface area contributed by atoms with E-state index in [0.717, 1.165) is 31.3 Å². The first-order valence-corrected chi connectivity index (χ1v) is 14.2. The van der Waals surface area contributed by atoms with Gasteiger partial charge in [-0.05, 0) is 79.1 Å². The summed E-state index contributed by atoms with van der Waals surface area (Å²) in [6.07, 6.45) is 8.86. The lowest BCUT2D eigenvalue weighted by Gasteiger charge is -2.68. The molecule has 0 amide bonds. The van der Waals surface area contributed by atoms with Crippen LogP contribution >= 0.6 is 0 Å². The molecule has 0 heterocycles. The normalized spacial score (nSPS) is 45.2. The summed E-state index contributed by atoms with van der Waals surface area (Å²) in [5.41, 5.74) is -0.887. The maximum Gasteiger partial charge on any atom is 0.320 e. The Bertz CT molecular complexity index is 1250. The summed E-state index contributed by atoms with van der Waals surface area (Å²) < 4.78 is 5.26. The van der Waals surface area contributed by atoms with Crippen LogP contribution < -0.4 is 0 Å². The standard InChI is InChI=1S/C32H41NO5/c1-18-21-8-9-30(6)24(29(21,5)15-20(17-33)26(18)36)14-23(35)25-22-16-28(3,4)10-12-32(22,13-11-31(25,30)7)27(37)38-19(2)34/h14-15,18,21-22,25H,8-13,16H2,1-7H3/t18-,21-,22?,25?,29-,30+,31+,32-/m0/s1. The number of fused-ring (bicyclic) bond motifs is 7. The highest BCUT2D eigenvalue weighted by Crippen LogP contribution is 2.73. The third-order valence-electron chi connectivity index (χ3n) is 12.2. The fourth-order valence-electron chi connectivity index (χ4n) is 9.84. The van der Waals surface area contributed by atoms with E-state index in [2.05, 4.69) is 40.7 Å². The Morgan fingerprint density at radius 1 is 1.00 bits per heavy atom. The molecule has 38 heavy (non-hydrogen) atoms. The van der Waals surface area contributed by atoms with Crippen LogP contribution in [-0.2, 0) is 23.9 Å². The average Bonchev–Trinajstić information content (AvgIpc) is 2.82. The second kappa shape index (κ2) is 8.23. The van der Waals surface area contributed by atoms with E-state index in [1.54, 1.807) is 0 Å². The number of nitrogens with zero attached hydrogens (tertiary/aromatic N) is 1. The van der Waals surface area contributed by atoms with Gasteiger partial charge < -0.3 is 4.74 Å². The van der Waals surface area contributed by atoms with Crippen LogP contribution in [0.1, 0.15) is 93.4 Å². The van der Waals surface area contributed by atoms with Gasteiger partial charge in [0.1, 0.15) is 6.07 Å². The molecule has 8 atom stereocenters. The monoisotopic (exact) mass is 519 g/mol. The summed E-state index contributed by atoms with van der Waals surface area (Å²) >= 11 is 0. The van der Waals surface area contributed by atoms with Crippen LogP contribution in [0.2, 0.25) is 0 Å². The lowest BCUT2D eigenvalue weighted by Crippen LogP contribution is -2.65. The zero-order valence-electron chi connectivity index (χ0n) is 23.9. The Morgan fingerprint density at radius 2 is 1.66 bits per heavy atom. The van der Waals surface area contributed by atoms with Gasteiger partial charge in [-0.15, -0.1) is 0 Å². The highest BCUT2D eigenvalue weighted by atomic mass is 16.6. The largest absolute Gasteiger partial charge is 0.393 e. The predicted molar refractivity (Wildman–Crippen MR) is 141 cm³/mol. The third kappa shape index (κ3) is 3.36. The highest BCUT2D eigenvalue weighted by molar-refractivity contribution is 6.02. The quantitative estimate of drug-likeness (QED) is 0.315. The van der Waals surface area contributed by atoms with E-state index >= 15 is 0 Å². The molecule has 6 heteroatoms. The van der Waals surface area contributed by atoms with Gasteiger partial charge in [0, 0.05) is 24.2 Å². The van der Waals surface area contributed by atoms with Crippen LogP contribution in [0.5, 0.6) is 0 Å². The first-order valence-electron chi connectivity index (χ1n) is 14.2. The van der Waals surface area contributed by atoms with Crippen LogP contribution in [0.15, 0.2) is 23.3 Å². The molecule has 0 radical (unpaired) electrons. The Kier molecular flexibility index (Phi) is 5.85. The van der Waals surface area contributed by atoms with Crippen molar-refractivity contribution in [1.29, 1.82) is 5.26 Å². The molecule has 204 valence electrons. The van der Waals surface area contributed by atoms with Gasteiger partial charge in [0.2, 0.25) is 0 Å². The van der Waals surface area contributed by atoms with Crippen molar-refractivity contribution >= 4 is 23.5 Å². The van der Waals surface area contributed by atoms with Gasteiger partial charge >= 0.3 is 11.9 Å². The molecule has 0 aromatic rings. The highest BCUT2D eigenvalue weighted by Gasteiger charge is 2.70. The fourth-order valence-corrected chi connectivity index (χ4v) is 9.84. The fraction of sp³-hybridized carbons (Fsp3) is 0.719. The molecular weight excluding hydrogens is 478 g/mol. The molecule has 0 aromatic carbocycles. The van der Waals surface area contributed by atoms with Crippen molar-refractivity contribution in [3.8, 4) is 6.07 Å². The summed E-state index contributed by atoms with van der Waals surface area (Å²) in [5, 5.41) is 9.76. The SMILES string of the molecule is CC(=O)OC(=O)[C@]12CCC(C)(C)CC1C1C(=O)C=C3[C@@]4(C)C=C(C#N)C(=O)[C@@H](C)[C@@H]4CC[C@@]3(C)[C@]1(C)CC2. The lowest BCUT2D eigenvalue weighted by atomic mass is 9.35. The smallest absolute Gasteiger partial charge is 0.320 e. The molecule has 5 aliphatic rings. The number of rotatable bonds is 1. The summed E-state index contributed by atoms with van der Waals surface area (Å²) in [7, 11) is 0. The number of hydrogen-bond acceptors (Lipinski definition) is 6. The van der Waals surface area contributed by atoms with Gasteiger partial charge in [-0.25, -0.2) is 0 Å². The first-order chi connectivity index (χ1) is 17.6. The number of Topliss-reactive ketones (excluding diaryl/α,β-unsaturated/α-hetero) is 1. The van der Waals surface area contributed by atoms with Crippen molar-refractivity contribution < 1.29 is 23.9 Å². The number of allylic oxidation sites excluding steroid dienone is 4. The van der Waals surface area contributed by atoms with Gasteiger partial charge in [-0.1, -0.05) is 53.2 Å². The Balaban J connectivity index is 1.67. The summed E-state index contributed by atoms with van der Waals surface area (Å²) in [6.45, 7) is 14.2. The van der Waals surface area contributed by atoms with Gasteiger partial charge in [0.15, 0.2) is 11.6 Å². The number of carbonyl (C=O) groups is 4. The summed E-state index contributed by atoms with van der Waals surface area (Å²) in [5.74, 6) is -1.91. The number of hydrogen-bond donors (Lipinski definition) is 0. The van der Waals surface area contributed by atoms with Crippen LogP contribution in [0.4, 0.5) is 0 Å². The molecule has 0 N–H and O–H groups in total. The number of esters is 2. The number of ketones is 2. The first kappa shape index (κ1) is 27.0. The van der Waals surface area contributed by atoms with E-state index in [1.165, 1.54) is 6.92 Å². The van der Waals surface area contributed by atoms with Crippen LogP contribution in [0.3, 0.4) is 0 Å². The molecule has 6 nitrogen and oxygen atoms in total. The van der Waals surface area contributed by atoms with Gasteiger partial charge in [-0.2, -0.15) is 5.26 Å². The molecule has 0 saturated heterocycles. The van der Waals surface area contributed by atoms with Crippen LogP contribution in [0, 0.1) is 62.1 Å².